The lowest BCUT2D eigenvalue weighted by Crippen LogP contribution is -2.22. The highest BCUT2D eigenvalue weighted by molar-refractivity contribution is 6.29. The van der Waals surface area contributed by atoms with Crippen LogP contribution in [0.25, 0.3) is 0 Å². The van der Waals surface area contributed by atoms with Gasteiger partial charge in [-0.3, -0.25) is 0 Å². The second kappa shape index (κ2) is 5.00. The molecule has 0 aliphatic carbocycles. The van der Waals surface area contributed by atoms with E-state index in [0.717, 1.165) is 6.07 Å². The minimum Gasteiger partial charge on any atom is -0.387 e. The van der Waals surface area contributed by atoms with Gasteiger partial charge in [0.25, 0.3) is 0 Å². The highest BCUT2D eigenvalue weighted by Crippen LogP contribution is 2.41. The summed E-state index contributed by atoms with van der Waals surface area (Å²) in [5.41, 5.74) is -2.34. The molecule has 0 bridgehead atoms. The first-order valence-corrected chi connectivity index (χ1v) is 5.04. The van der Waals surface area contributed by atoms with Gasteiger partial charge < -0.3 is 4.74 Å². The van der Waals surface area contributed by atoms with Crippen LogP contribution in [0.2, 0.25) is 5.15 Å². The molecule has 102 valence electrons. The SMILES string of the molecule is FC(F)(F)Oc1nc(Cl)cc(CCl)c1C(F)(F)F. The molecule has 18 heavy (non-hydrogen) atoms. The monoisotopic (exact) mass is 313 g/mol. The predicted octanol–water partition coefficient (Wildman–Crippen LogP) is 4.39. The fraction of sp³-hybridized carbons (Fsp3) is 0.375. The third-order valence-corrected chi connectivity index (χ3v) is 2.16. The van der Waals surface area contributed by atoms with Crippen molar-refractivity contribution in [1.82, 2.24) is 4.98 Å². The van der Waals surface area contributed by atoms with Crippen LogP contribution in [0.15, 0.2) is 6.07 Å². The Morgan fingerprint density at radius 3 is 2.11 bits per heavy atom. The standard InChI is InChI=1S/C8H3Cl2F6NO/c9-2-3-1-4(10)17-6(18-8(14,15)16)5(3)7(11,12)13/h1H,2H2. The van der Waals surface area contributed by atoms with Gasteiger partial charge in [-0.1, -0.05) is 11.6 Å². The molecule has 0 atom stereocenters. The first-order valence-electron chi connectivity index (χ1n) is 4.13. The molecule has 0 aromatic carbocycles. The summed E-state index contributed by atoms with van der Waals surface area (Å²) >= 11 is 10.5. The highest BCUT2D eigenvalue weighted by atomic mass is 35.5. The smallest absolute Gasteiger partial charge is 0.387 e. The minimum absolute atomic E-state index is 0.585. The maximum absolute atomic E-state index is 12.6. The van der Waals surface area contributed by atoms with Gasteiger partial charge in [-0.25, -0.2) is 4.98 Å². The van der Waals surface area contributed by atoms with Crippen molar-refractivity contribution in [2.24, 2.45) is 0 Å². The Hall–Kier alpha value is -0.890. The van der Waals surface area contributed by atoms with E-state index in [1.165, 1.54) is 0 Å². The zero-order valence-corrected chi connectivity index (χ0v) is 9.68. The van der Waals surface area contributed by atoms with E-state index < -0.39 is 40.6 Å². The molecule has 1 rings (SSSR count). The van der Waals surface area contributed by atoms with Gasteiger partial charge in [0.2, 0.25) is 5.88 Å². The van der Waals surface area contributed by atoms with Crippen LogP contribution in [0.5, 0.6) is 5.88 Å². The largest absolute Gasteiger partial charge is 0.574 e. The van der Waals surface area contributed by atoms with Crippen LogP contribution in [0, 0.1) is 0 Å². The lowest BCUT2D eigenvalue weighted by molar-refractivity contribution is -0.277. The molecule has 0 aliphatic rings. The Balaban J connectivity index is 3.43. The first-order chi connectivity index (χ1) is 8.04. The molecular formula is C8H3Cl2F6NO. The van der Waals surface area contributed by atoms with Crippen molar-refractivity contribution in [1.29, 1.82) is 0 Å². The molecule has 10 heteroatoms. The molecule has 0 saturated carbocycles. The van der Waals surface area contributed by atoms with Gasteiger partial charge in [0.1, 0.15) is 10.7 Å². The number of hydrogen-bond donors (Lipinski definition) is 0. The molecular weight excluding hydrogens is 311 g/mol. The summed E-state index contributed by atoms with van der Waals surface area (Å²) in [6.07, 6.45) is -10.4. The summed E-state index contributed by atoms with van der Waals surface area (Å²) in [6, 6.07) is 0.723. The van der Waals surface area contributed by atoms with Crippen LogP contribution in [0.1, 0.15) is 11.1 Å². The van der Waals surface area contributed by atoms with Crippen LogP contribution < -0.4 is 4.74 Å². The molecule has 0 N–H and O–H groups in total. The van der Waals surface area contributed by atoms with Gasteiger partial charge in [-0.2, -0.15) is 13.2 Å². The Morgan fingerprint density at radius 2 is 1.72 bits per heavy atom. The van der Waals surface area contributed by atoms with Crippen molar-refractivity contribution >= 4 is 23.2 Å². The molecule has 0 fully saturated rings. The molecule has 2 nitrogen and oxygen atoms in total. The normalized spacial score (nSPS) is 12.7. The molecule has 1 heterocycles. The predicted molar refractivity (Wildman–Crippen MR) is 50.5 cm³/mol. The van der Waals surface area contributed by atoms with E-state index in [4.69, 9.17) is 23.2 Å². The zero-order valence-electron chi connectivity index (χ0n) is 8.16. The van der Waals surface area contributed by atoms with Gasteiger partial charge in [0.15, 0.2) is 0 Å². The Labute approximate surface area is 106 Å². The summed E-state index contributed by atoms with van der Waals surface area (Å²) < 4.78 is 77.0. The van der Waals surface area contributed by atoms with Crippen LogP contribution in [0.3, 0.4) is 0 Å². The summed E-state index contributed by atoms with van der Waals surface area (Å²) in [5, 5.41) is -0.585. The number of hydrogen-bond acceptors (Lipinski definition) is 2. The van der Waals surface area contributed by atoms with Crippen molar-refractivity contribution in [3.8, 4) is 5.88 Å². The van der Waals surface area contributed by atoms with E-state index in [0.29, 0.717) is 0 Å². The van der Waals surface area contributed by atoms with E-state index in [1.807, 2.05) is 0 Å². The molecule has 1 aromatic heterocycles. The van der Waals surface area contributed by atoms with Gasteiger partial charge in [-0.05, 0) is 11.6 Å². The fourth-order valence-electron chi connectivity index (χ4n) is 1.13. The maximum atomic E-state index is 12.6. The van der Waals surface area contributed by atoms with Gasteiger partial charge in [0, 0.05) is 5.88 Å². The average Bonchev–Trinajstić information content (AvgIpc) is 2.11. The highest BCUT2D eigenvalue weighted by Gasteiger charge is 2.42. The van der Waals surface area contributed by atoms with E-state index in [2.05, 4.69) is 9.72 Å². The number of alkyl halides is 7. The third-order valence-electron chi connectivity index (χ3n) is 1.68. The van der Waals surface area contributed by atoms with Crippen molar-refractivity contribution in [3.05, 3.63) is 22.3 Å². The van der Waals surface area contributed by atoms with Crippen LogP contribution in [0.4, 0.5) is 26.3 Å². The summed E-state index contributed by atoms with van der Waals surface area (Å²) in [7, 11) is 0. The Morgan fingerprint density at radius 1 is 1.17 bits per heavy atom. The summed E-state index contributed by atoms with van der Waals surface area (Å²) in [4.78, 5) is 2.88. The first kappa shape index (κ1) is 15.2. The third kappa shape index (κ3) is 3.81. The lowest BCUT2D eigenvalue weighted by atomic mass is 10.1. The van der Waals surface area contributed by atoms with Gasteiger partial charge in [-0.15, -0.1) is 24.8 Å². The van der Waals surface area contributed by atoms with E-state index in [-0.39, 0.29) is 0 Å². The van der Waals surface area contributed by atoms with Crippen molar-refractivity contribution in [3.63, 3.8) is 0 Å². The summed E-state index contributed by atoms with van der Waals surface area (Å²) in [5.74, 6) is -2.36. The number of pyridine rings is 1. The molecule has 0 spiro atoms. The molecule has 0 aliphatic heterocycles. The maximum Gasteiger partial charge on any atom is 0.574 e. The minimum atomic E-state index is -5.32. The van der Waals surface area contributed by atoms with E-state index in [9.17, 15) is 26.3 Å². The lowest BCUT2D eigenvalue weighted by Gasteiger charge is -2.17. The number of rotatable bonds is 2. The molecule has 0 unspecified atom stereocenters. The van der Waals surface area contributed by atoms with Crippen molar-refractivity contribution < 1.29 is 31.1 Å². The average molecular weight is 314 g/mol. The second-order valence-electron chi connectivity index (χ2n) is 2.96. The Bertz CT molecular complexity index is 444. The molecule has 0 saturated heterocycles. The van der Waals surface area contributed by atoms with Crippen LogP contribution in [-0.2, 0) is 12.1 Å². The topological polar surface area (TPSA) is 22.1 Å². The van der Waals surface area contributed by atoms with E-state index >= 15 is 0 Å². The van der Waals surface area contributed by atoms with Crippen LogP contribution >= 0.6 is 23.2 Å². The number of ether oxygens (including phenoxy) is 1. The van der Waals surface area contributed by atoms with Crippen molar-refractivity contribution in [2.45, 2.75) is 18.4 Å². The zero-order chi connectivity index (χ0) is 14.1. The molecule has 0 amide bonds. The quantitative estimate of drug-likeness (QED) is 0.459. The van der Waals surface area contributed by atoms with Gasteiger partial charge >= 0.3 is 12.5 Å². The molecule has 0 radical (unpaired) electrons. The molecule has 1 aromatic rings. The van der Waals surface area contributed by atoms with E-state index in [1.54, 1.807) is 0 Å². The number of nitrogens with zero attached hydrogens (tertiary/aromatic N) is 1. The number of aromatic nitrogens is 1. The Kier molecular flexibility index (Phi) is 4.22. The summed E-state index contributed by atoms with van der Waals surface area (Å²) in [6.45, 7) is 0. The number of halogens is 8. The fourth-order valence-corrected chi connectivity index (χ4v) is 1.55. The van der Waals surface area contributed by atoms with Crippen molar-refractivity contribution in [2.75, 3.05) is 0 Å². The second-order valence-corrected chi connectivity index (χ2v) is 3.62. The van der Waals surface area contributed by atoms with Gasteiger partial charge in [0.05, 0.1) is 0 Å². The van der Waals surface area contributed by atoms with Crippen LogP contribution in [-0.4, -0.2) is 11.3 Å².